The van der Waals surface area contributed by atoms with Crippen molar-refractivity contribution in [3.63, 3.8) is 0 Å². The SMILES string of the molecule is Cc1c(Br)cc(C[C@@H](OC(=O)N2CCC(N3CCc4ccccc4NC3=O)CC2)C(=O)N2CCN(C3CCNCC3)CC2)cc1Br.[HH]. The molecule has 0 bridgehead atoms. The minimum Gasteiger partial charge on any atom is -0.436 e. The molecule has 4 heterocycles. The number of carbonyl (C=O) groups excluding carboxylic acids is 3. The third-order valence-corrected chi connectivity index (χ3v) is 11.7. The zero-order valence-corrected chi connectivity index (χ0v) is 29.7. The van der Waals surface area contributed by atoms with Gasteiger partial charge in [0.2, 0.25) is 0 Å². The molecule has 0 spiro atoms. The highest BCUT2D eigenvalue weighted by molar-refractivity contribution is 9.11. The van der Waals surface area contributed by atoms with Gasteiger partial charge in [-0.15, -0.1) is 0 Å². The summed E-state index contributed by atoms with van der Waals surface area (Å²) in [6.07, 6.45) is 3.29. The van der Waals surface area contributed by atoms with Gasteiger partial charge in [0.1, 0.15) is 0 Å². The number of benzene rings is 2. The van der Waals surface area contributed by atoms with Crippen LogP contribution in [-0.2, 0) is 22.4 Å². The summed E-state index contributed by atoms with van der Waals surface area (Å²) >= 11 is 7.26. The first-order valence-electron chi connectivity index (χ1n) is 16.6. The fraction of sp³-hybridized carbons (Fsp3) is 0.559. The molecule has 2 aromatic carbocycles. The van der Waals surface area contributed by atoms with Gasteiger partial charge in [-0.2, -0.15) is 0 Å². The molecule has 3 fully saturated rings. The van der Waals surface area contributed by atoms with Gasteiger partial charge in [-0.05, 0) is 87.0 Å². The summed E-state index contributed by atoms with van der Waals surface area (Å²) in [7, 11) is 0. The maximum Gasteiger partial charge on any atom is 0.410 e. The Labute approximate surface area is 289 Å². The van der Waals surface area contributed by atoms with Gasteiger partial charge >= 0.3 is 12.1 Å². The Morgan fingerprint density at radius 2 is 1.59 bits per heavy atom. The van der Waals surface area contributed by atoms with E-state index in [2.05, 4.69) is 53.5 Å². The lowest BCUT2D eigenvalue weighted by Crippen LogP contribution is -2.56. The van der Waals surface area contributed by atoms with Crippen molar-refractivity contribution >= 4 is 55.6 Å². The molecule has 10 nitrogen and oxygen atoms in total. The molecular weight excluding hydrogens is 716 g/mol. The first-order valence-corrected chi connectivity index (χ1v) is 18.1. The predicted octanol–water partition coefficient (Wildman–Crippen LogP) is 5.26. The summed E-state index contributed by atoms with van der Waals surface area (Å²) in [5.74, 6) is -0.137. The Hall–Kier alpha value is -2.67. The molecule has 46 heavy (non-hydrogen) atoms. The Bertz CT molecular complexity index is 1400. The Morgan fingerprint density at radius 3 is 2.28 bits per heavy atom. The van der Waals surface area contributed by atoms with Crippen LogP contribution in [0.25, 0.3) is 0 Å². The van der Waals surface area contributed by atoms with Crippen LogP contribution in [0.15, 0.2) is 45.3 Å². The molecule has 4 amide bonds. The van der Waals surface area contributed by atoms with E-state index in [0.29, 0.717) is 58.0 Å². The van der Waals surface area contributed by atoms with Crippen molar-refractivity contribution in [2.75, 3.05) is 64.2 Å². The first kappa shape index (κ1) is 33.2. The summed E-state index contributed by atoms with van der Waals surface area (Å²) in [5.41, 5.74) is 3.99. The third kappa shape index (κ3) is 7.72. The standard InChI is InChI=1S/C34H44Br2N6O4.H2/c1-23-28(35)20-24(21-29(23)36)22-31(32(43)40-18-16-39(17-19-40)26-6-11-37-12-7-26)46-34(45)41-13-9-27(10-14-41)42-15-8-25-4-2-3-5-30(25)38-33(42)44;/h2-5,20-21,26-27,31,37H,6-19,22H2,1H3,(H,38,44);1H/t31-;/m1./s1. The lowest BCUT2D eigenvalue weighted by molar-refractivity contribution is -0.143. The van der Waals surface area contributed by atoms with Gasteiger partial charge in [0.15, 0.2) is 6.10 Å². The summed E-state index contributed by atoms with van der Waals surface area (Å²) in [4.78, 5) is 48.6. The number of anilines is 1. The second-order valence-electron chi connectivity index (χ2n) is 12.9. The number of ether oxygens (including phenoxy) is 1. The largest absolute Gasteiger partial charge is 0.436 e. The zero-order valence-electron chi connectivity index (χ0n) is 26.5. The van der Waals surface area contributed by atoms with Gasteiger partial charge in [0.05, 0.1) is 0 Å². The van der Waals surface area contributed by atoms with Crippen molar-refractivity contribution < 1.29 is 20.5 Å². The van der Waals surface area contributed by atoms with Crippen LogP contribution in [0.2, 0.25) is 0 Å². The molecule has 1 atom stereocenters. The number of amides is 4. The fourth-order valence-corrected chi connectivity index (χ4v) is 8.47. The van der Waals surface area contributed by atoms with Crippen molar-refractivity contribution in [3.8, 4) is 0 Å². The Balaban J connectivity index is 0.00000433. The van der Waals surface area contributed by atoms with E-state index >= 15 is 0 Å². The highest BCUT2D eigenvalue weighted by Gasteiger charge is 2.36. The number of urea groups is 1. The van der Waals surface area contributed by atoms with Crippen LogP contribution in [0.4, 0.5) is 15.3 Å². The molecule has 2 aromatic rings. The lowest BCUT2D eigenvalue weighted by atomic mass is 10.0. The van der Waals surface area contributed by atoms with Crippen LogP contribution in [0.1, 0.15) is 43.8 Å². The molecule has 0 unspecified atom stereocenters. The minimum atomic E-state index is -0.924. The number of nitrogens with zero attached hydrogens (tertiary/aromatic N) is 4. The number of likely N-dealkylation sites (tertiary alicyclic amines) is 1. The molecule has 4 aliphatic rings. The number of hydrogen-bond acceptors (Lipinski definition) is 6. The maximum absolute atomic E-state index is 14.0. The van der Waals surface area contributed by atoms with Gasteiger partial charge < -0.3 is 30.1 Å². The molecule has 6 rings (SSSR count). The van der Waals surface area contributed by atoms with Crippen molar-refractivity contribution in [1.29, 1.82) is 0 Å². The second kappa shape index (κ2) is 15.0. The van der Waals surface area contributed by atoms with Crippen LogP contribution in [0.5, 0.6) is 0 Å². The van der Waals surface area contributed by atoms with E-state index < -0.39 is 12.2 Å². The quantitative estimate of drug-likeness (QED) is 0.417. The van der Waals surface area contributed by atoms with Crippen LogP contribution in [-0.4, -0.2) is 115 Å². The molecule has 0 aliphatic carbocycles. The average molecular weight is 763 g/mol. The van der Waals surface area contributed by atoms with Crippen LogP contribution < -0.4 is 10.6 Å². The van der Waals surface area contributed by atoms with Crippen LogP contribution in [0.3, 0.4) is 0 Å². The maximum atomic E-state index is 14.0. The highest BCUT2D eigenvalue weighted by Crippen LogP contribution is 2.29. The number of fused-ring (bicyclic) bond motifs is 1. The molecule has 4 aliphatic heterocycles. The van der Waals surface area contributed by atoms with E-state index in [-0.39, 0.29) is 19.4 Å². The van der Waals surface area contributed by atoms with Crippen LogP contribution in [0, 0.1) is 6.92 Å². The summed E-state index contributed by atoms with van der Waals surface area (Å²) < 4.78 is 7.95. The lowest BCUT2D eigenvalue weighted by Gasteiger charge is -2.41. The zero-order chi connectivity index (χ0) is 32.2. The minimum absolute atomic E-state index is 0. The van der Waals surface area contributed by atoms with E-state index in [4.69, 9.17) is 4.74 Å². The van der Waals surface area contributed by atoms with E-state index in [9.17, 15) is 14.4 Å². The molecule has 3 saturated heterocycles. The smallest absolute Gasteiger partial charge is 0.410 e. The summed E-state index contributed by atoms with van der Waals surface area (Å²) in [6.45, 7) is 8.61. The number of piperidine rings is 2. The molecule has 12 heteroatoms. The topological polar surface area (TPSA) is 97.5 Å². The number of halogens is 2. The Morgan fingerprint density at radius 1 is 0.913 bits per heavy atom. The number of para-hydroxylation sites is 1. The van der Waals surface area contributed by atoms with Gasteiger partial charge in [-0.1, -0.05) is 50.1 Å². The fourth-order valence-electron chi connectivity index (χ4n) is 7.19. The normalized spacial score (nSPS) is 20.9. The number of carbonyl (C=O) groups is 3. The molecule has 0 radical (unpaired) electrons. The summed E-state index contributed by atoms with van der Waals surface area (Å²) in [6, 6.07) is 12.4. The van der Waals surface area contributed by atoms with Gasteiger partial charge in [0.25, 0.3) is 5.91 Å². The molecule has 0 saturated carbocycles. The molecular formula is C34H46Br2N6O4. The van der Waals surface area contributed by atoms with Crippen molar-refractivity contribution in [2.45, 2.75) is 63.6 Å². The van der Waals surface area contributed by atoms with E-state index in [1.165, 1.54) is 0 Å². The van der Waals surface area contributed by atoms with Crippen molar-refractivity contribution in [3.05, 3.63) is 62.0 Å². The van der Waals surface area contributed by atoms with Gasteiger partial charge in [-0.3, -0.25) is 9.69 Å². The monoisotopic (exact) mass is 760 g/mol. The molecule has 250 valence electrons. The number of rotatable bonds is 6. The number of piperazine rings is 1. The number of nitrogens with one attached hydrogen (secondary N) is 2. The highest BCUT2D eigenvalue weighted by atomic mass is 79.9. The van der Waals surface area contributed by atoms with Crippen LogP contribution >= 0.6 is 31.9 Å². The van der Waals surface area contributed by atoms with E-state index in [0.717, 1.165) is 76.8 Å². The van der Waals surface area contributed by atoms with Crippen molar-refractivity contribution in [2.24, 2.45) is 0 Å². The second-order valence-corrected chi connectivity index (χ2v) is 14.6. The summed E-state index contributed by atoms with van der Waals surface area (Å²) in [5, 5.41) is 6.49. The Kier molecular flexibility index (Phi) is 10.9. The first-order chi connectivity index (χ1) is 22.3. The third-order valence-electron chi connectivity index (χ3n) is 10.0. The van der Waals surface area contributed by atoms with Gasteiger partial charge in [-0.25, -0.2) is 9.59 Å². The van der Waals surface area contributed by atoms with E-state index in [1.807, 2.05) is 47.1 Å². The van der Waals surface area contributed by atoms with Gasteiger partial charge in [0, 0.05) is 80.4 Å². The van der Waals surface area contributed by atoms with E-state index in [1.54, 1.807) is 4.90 Å². The average Bonchev–Trinajstić information content (AvgIpc) is 3.25. The number of hydrogen-bond donors (Lipinski definition) is 2. The molecule has 2 N–H and O–H groups in total. The molecule has 0 aromatic heterocycles. The van der Waals surface area contributed by atoms with Crippen molar-refractivity contribution in [1.82, 2.24) is 24.9 Å². The predicted molar refractivity (Wildman–Crippen MR) is 187 cm³/mol.